The third kappa shape index (κ3) is 2.77. The van der Waals surface area contributed by atoms with Gasteiger partial charge in [0.05, 0.1) is 6.33 Å². The number of H-pyrrole nitrogens is 1. The van der Waals surface area contributed by atoms with Crippen molar-refractivity contribution in [2.45, 2.75) is 24.6 Å². The summed E-state index contributed by atoms with van der Waals surface area (Å²) in [5.74, 6) is 1.18. The van der Waals surface area contributed by atoms with Gasteiger partial charge in [0.1, 0.15) is 10.3 Å². The fraction of sp³-hybridized carbons (Fsp3) is 0.600. The van der Waals surface area contributed by atoms with Gasteiger partial charge in [0.15, 0.2) is 0 Å². The van der Waals surface area contributed by atoms with Gasteiger partial charge in [-0.2, -0.15) is 0 Å². The Morgan fingerprint density at radius 1 is 1.62 bits per heavy atom. The zero-order valence-corrected chi connectivity index (χ0v) is 11.0. The van der Waals surface area contributed by atoms with Gasteiger partial charge in [0, 0.05) is 11.9 Å². The molecule has 0 aliphatic heterocycles. The summed E-state index contributed by atoms with van der Waals surface area (Å²) >= 11 is 9.24. The Labute approximate surface area is 107 Å². The monoisotopic (exact) mass is 305 g/mol. The van der Waals surface area contributed by atoms with Crippen molar-refractivity contribution in [2.24, 2.45) is 5.92 Å². The van der Waals surface area contributed by atoms with Gasteiger partial charge in [-0.05, 0) is 41.1 Å². The maximum absolute atomic E-state index is 11.3. The number of alkyl halides is 1. The molecule has 2 atom stereocenters. The summed E-state index contributed by atoms with van der Waals surface area (Å²) in [5.41, 5.74) is -0.167. The highest BCUT2D eigenvalue weighted by Gasteiger charge is 2.22. The van der Waals surface area contributed by atoms with Gasteiger partial charge in [-0.3, -0.25) is 4.79 Å². The Morgan fingerprint density at radius 3 is 3.12 bits per heavy atom. The van der Waals surface area contributed by atoms with Crippen molar-refractivity contribution in [1.82, 2.24) is 9.97 Å². The zero-order valence-electron chi connectivity index (χ0n) is 8.67. The quantitative estimate of drug-likeness (QED) is 0.843. The van der Waals surface area contributed by atoms with E-state index in [9.17, 15) is 4.79 Å². The van der Waals surface area contributed by atoms with E-state index in [0.717, 1.165) is 25.8 Å². The van der Waals surface area contributed by atoms with Crippen molar-refractivity contribution >= 4 is 33.3 Å². The first-order valence-electron chi connectivity index (χ1n) is 5.28. The molecule has 1 aliphatic carbocycles. The van der Waals surface area contributed by atoms with E-state index in [4.69, 9.17) is 11.6 Å². The van der Waals surface area contributed by atoms with Crippen LogP contribution in [0.5, 0.6) is 0 Å². The van der Waals surface area contributed by atoms with E-state index in [1.807, 2.05) is 0 Å². The van der Waals surface area contributed by atoms with Crippen molar-refractivity contribution in [2.75, 3.05) is 11.9 Å². The van der Waals surface area contributed by atoms with E-state index in [1.165, 1.54) is 6.33 Å². The molecule has 0 saturated heterocycles. The normalized spacial score (nSPS) is 24.6. The second-order valence-corrected chi connectivity index (χ2v) is 5.46. The minimum absolute atomic E-state index is 0.167. The molecule has 1 heterocycles. The van der Waals surface area contributed by atoms with Crippen molar-refractivity contribution < 1.29 is 0 Å². The molecule has 1 saturated carbocycles. The predicted molar refractivity (Wildman–Crippen MR) is 68.0 cm³/mol. The Bertz CT molecular complexity index is 423. The number of hydrogen-bond acceptors (Lipinski definition) is 3. The van der Waals surface area contributed by atoms with E-state index < -0.39 is 0 Å². The zero-order chi connectivity index (χ0) is 11.5. The lowest BCUT2D eigenvalue weighted by Gasteiger charge is -2.11. The molecule has 1 aliphatic rings. The minimum Gasteiger partial charge on any atom is -0.369 e. The van der Waals surface area contributed by atoms with Gasteiger partial charge in [0.25, 0.3) is 5.56 Å². The molecule has 1 aromatic heterocycles. The molecule has 0 amide bonds. The molecule has 0 spiro atoms. The number of halogens is 2. The van der Waals surface area contributed by atoms with E-state index >= 15 is 0 Å². The summed E-state index contributed by atoms with van der Waals surface area (Å²) in [6.45, 7) is 0.818. The first-order chi connectivity index (χ1) is 7.66. The first kappa shape index (κ1) is 11.9. The number of nitrogens with zero attached hydrogens (tertiary/aromatic N) is 1. The molecule has 1 fully saturated rings. The Kier molecular flexibility index (Phi) is 3.86. The van der Waals surface area contributed by atoms with Gasteiger partial charge in [-0.15, -0.1) is 11.6 Å². The lowest BCUT2D eigenvalue weighted by molar-refractivity contribution is 0.579. The number of aromatic nitrogens is 2. The average molecular weight is 307 g/mol. The third-order valence-electron chi connectivity index (χ3n) is 2.83. The molecule has 16 heavy (non-hydrogen) atoms. The second-order valence-electron chi connectivity index (χ2n) is 4.05. The van der Waals surface area contributed by atoms with Crippen LogP contribution in [0.1, 0.15) is 19.3 Å². The summed E-state index contributed by atoms with van der Waals surface area (Å²) in [6, 6.07) is 0. The lowest BCUT2D eigenvalue weighted by atomic mass is 10.1. The van der Waals surface area contributed by atoms with Gasteiger partial charge >= 0.3 is 0 Å². The molecule has 2 unspecified atom stereocenters. The van der Waals surface area contributed by atoms with Crippen LogP contribution in [0.2, 0.25) is 0 Å². The molecule has 6 heteroatoms. The second kappa shape index (κ2) is 5.19. The molecular weight excluding hydrogens is 293 g/mol. The van der Waals surface area contributed by atoms with E-state index in [-0.39, 0.29) is 5.56 Å². The summed E-state index contributed by atoms with van der Waals surface area (Å²) in [4.78, 5) is 17.9. The SMILES string of the molecule is O=c1[nH]cnc(NCC2CCC(Cl)C2)c1Br. The van der Waals surface area contributed by atoms with Crippen LogP contribution >= 0.6 is 27.5 Å². The van der Waals surface area contributed by atoms with E-state index in [2.05, 4.69) is 31.2 Å². The van der Waals surface area contributed by atoms with Crippen LogP contribution in [-0.4, -0.2) is 21.9 Å². The van der Waals surface area contributed by atoms with Crippen molar-refractivity contribution in [1.29, 1.82) is 0 Å². The molecule has 0 bridgehead atoms. The molecule has 1 aromatic rings. The van der Waals surface area contributed by atoms with Crippen molar-refractivity contribution in [3.05, 3.63) is 21.2 Å². The molecule has 4 nitrogen and oxygen atoms in total. The lowest BCUT2D eigenvalue weighted by Crippen LogP contribution is -2.16. The summed E-state index contributed by atoms with van der Waals surface area (Å²) in [7, 11) is 0. The molecular formula is C10H13BrClN3O. The summed E-state index contributed by atoms with van der Waals surface area (Å²) < 4.78 is 0.454. The maximum atomic E-state index is 11.3. The molecule has 0 aromatic carbocycles. The number of anilines is 1. The minimum atomic E-state index is -0.167. The number of aromatic amines is 1. The number of nitrogens with one attached hydrogen (secondary N) is 2. The summed E-state index contributed by atoms with van der Waals surface area (Å²) in [6.07, 6.45) is 4.66. The van der Waals surface area contributed by atoms with Crippen LogP contribution in [0.4, 0.5) is 5.82 Å². The van der Waals surface area contributed by atoms with Crippen molar-refractivity contribution in [3.63, 3.8) is 0 Å². The van der Waals surface area contributed by atoms with Crippen LogP contribution in [0.3, 0.4) is 0 Å². The highest BCUT2D eigenvalue weighted by molar-refractivity contribution is 9.10. The Morgan fingerprint density at radius 2 is 2.44 bits per heavy atom. The standard InChI is InChI=1S/C10H13BrClN3O/c11-8-9(14-5-15-10(8)16)13-4-6-1-2-7(12)3-6/h5-7H,1-4H2,(H2,13,14,15,16). The highest BCUT2D eigenvalue weighted by atomic mass is 79.9. The first-order valence-corrected chi connectivity index (χ1v) is 6.51. The van der Waals surface area contributed by atoms with E-state index in [1.54, 1.807) is 0 Å². The fourth-order valence-electron chi connectivity index (χ4n) is 1.95. The largest absolute Gasteiger partial charge is 0.369 e. The molecule has 2 N–H and O–H groups in total. The number of rotatable bonds is 3. The Balaban J connectivity index is 1.95. The maximum Gasteiger partial charge on any atom is 0.267 e. The fourth-order valence-corrected chi connectivity index (χ4v) is 2.68. The highest BCUT2D eigenvalue weighted by Crippen LogP contribution is 2.29. The topological polar surface area (TPSA) is 57.8 Å². The van der Waals surface area contributed by atoms with Gasteiger partial charge in [0.2, 0.25) is 0 Å². The summed E-state index contributed by atoms with van der Waals surface area (Å²) in [5, 5.41) is 3.49. The van der Waals surface area contributed by atoms with Crippen LogP contribution < -0.4 is 10.9 Å². The van der Waals surface area contributed by atoms with Crippen LogP contribution in [0, 0.1) is 5.92 Å². The van der Waals surface area contributed by atoms with Crippen LogP contribution in [0.15, 0.2) is 15.6 Å². The number of hydrogen-bond donors (Lipinski definition) is 2. The van der Waals surface area contributed by atoms with Crippen molar-refractivity contribution in [3.8, 4) is 0 Å². The van der Waals surface area contributed by atoms with Crippen LogP contribution in [-0.2, 0) is 0 Å². The van der Waals surface area contributed by atoms with Gasteiger partial charge in [-0.1, -0.05) is 0 Å². The average Bonchev–Trinajstić information content (AvgIpc) is 2.67. The predicted octanol–water partition coefficient (Wildman–Crippen LogP) is 2.35. The van der Waals surface area contributed by atoms with E-state index in [0.29, 0.717) is 21.6 Å². The van der Waals surface area contributed by atoms with Crippen LogP contribution in [0.25, 0.3) is 0 Å². The Hall–Kier alpha value is -0.550. The van der Waals surface area contributed by atoms with Gasteiger partial charge in [-0.25, -0.2) is 4.98 Å². The smallest absolute Gasteiger partial charge is 0.267 e. The third-order valence-corrected chi connectivity index (χ3v) is 3.96. The van der Waals surface area contributed by atoms with Gasteiger partial charge < -0.3 is 10.3 Å². The molecule has 88 valence electrons. The molecule has 0 radical (unpaired) electrons. The molecule has 2 rings (SSSR count).